The van der Waals surface area contributed by atoms with Crippen LogP contribution in [0.3, 0.4) is 0 Å². The van der Waals surface area contributed by atoms with Gasteiger partial charge in [0.1, 0.15) is 0 Å². The molecule has 2 aliphatic carbocycles. The Hall–Kier alpha value is -1.82. The lowest BCUT2D eigenvalue weighted by Gasteiger charge is -2.31. The molecule has 100 valence electrons. The maximum Gasteiger partial charge on any atom is 0.0102 e. The zero-order valence-electron chi connectivity index (χ0n) is 11.8. The standard InChI is InChI=1S/C20H20/c1-2-4-10-16-19-13-7-5-11-17(19)15(9-3-1)18-12-6-8-14-20(16)18/h5-9,11-14,16H,1-4,10H2. The average molecular weight is 260 g/mol. The lowest BCUT2D eigenvalue weighted by atomic mass is 9.73. The van der Waals surface area contributed by atoms with Crippen LogP contribution in [0.1, 0.15) is 60.3 Å². The molecule has 0 amide bonds. The Kier molecular flexibility index (Phi) is 2.95. The van der Waals surface area contributed by atoms with Gasteiger partial charge in [-0.3, -0.25) is 0 Å². The second-order valence-corrected chi connectivity index (χ2v) is 5.98. The zero-order chi connectivity index (χ0) is 13.4. The van der Waals surface area contributed by atoms with Gasteiger partial charge >= 0.3 is 0 Å². The maximum atomic E-state index is 2.47. The van der Waals surface area contributed by atoms with Crippen molar-refractivity contribution >= 4 is 5.57 Å². The maximum absolute atomic E-state index is 2.47. The van der Waals surface area contributed by atoms with E-state index in [0.717, 1.165) is 0 Å². The molecule has 0 heterocycles. The van der Waals surface area contributed by atoms with Gasteiger partial charge in [0.25, 0.3) is 0 Å². The second kappa shape index (κ2) is 4.94. The summed E-state index contributed by atoms with van der Waals surface area (Å²) in [5.74, 6) is 0.595. The number of allylic oxidation sites excluding steroid dienone is 1. The molecule has 0 aromatic heterocycles. The van der Waals surface area contributed by atoms with Gasteiger partial charge in [0, 0.05) is 5.92 Å². The van der Waals surface area contributed by atoms with Crippen LogP contribution in [-0.2, 0) is 0 Å². The Labute approximate surface area is 121 Å². The first kappa shape index (κ1) is 12.0. The number of fused-ring (bicyclic) bond motifs is 3. The Morgan fingerprint density at radius 3 is 2.05 bits per heavy atom. The molecule has 2 aliphatic rings. The molecule has 4 rings (SSSR count). The Morgan fingerprint density at radius 2 is 1.35 bits per heavy atom. The number of benzene rings is 2. The zero-order valence-corrected chi connectivity index (χ0v) is 11.8. The van der Waals surface area contributed by atoms with Crippen molar-refractivity contribution in [3.63, 3.8) is 0 Å². The lowest BCUT2D eigenvalue weighted by Crippen LogP contribution is -2.14. The van der Waals surface area contributed by atoms with Crippen LogP contribution in [-0.4, -0.2) is 0 Å². The van der Waals surface area contributed by atoms with E-state index in [-0.39, 0.29) is 0 Å². The molecule has 0 radical (unpaired) electrons. The quantitative estimate of drug-likeness (QED) is 0.584. The summed E-state index contributed by atoms with van der Waals surface area (Å²) in [6.45, 7) is 0. The van der Waals surface area contributed by atoms with E-state index in [1.54, 1.807) is 11.1 Å². The summed E-state index contributed by atoms with van der Waals surface area (Å²) in [4.78, 5) is 0. The molecule has 2 aromatic rings. The van der Waals surface area contributed by atoms with Gasteiger partial charge in [0.15, 0.2) is 0 Å². The van der Waals surface area contributed by atoms with Gasteiger partial charge in [-0.05, 0) is 47.1 Å². The van der Waals surface area contributed by atoms with Crippen LogP contribution in [0.25, 0.3) is 5.57 Å². The summed E-state index contributed by atoms with van der Waals surface area (Å²) < 4.78 is 0. The molecule has 0 nitrogen and oxygen atoms in total. The fourth-order valence-corrected chi connectivity index (χ4v) is 3.85. The lowest BCUT2D eigenvalue weighted by molar-refractivity contribution is 0.598. The molecule has 0 unspecified atom stereocenters. The molecule has 20 heavy (non-hydrogen) atoms. The van der Waals surface area contributed by atoms with Crippen LogP contribution >= 0.6 is 0 Å². The van der Waals surface area contributed by atoms with Gasteiger partial charge in [-0.1, -0.05) is 67.4 Å². The van der Waals surface area contributed by atoms with Gasteiger partial charge in [-0.2, -0.15) is 0 Å². The number of hydrogen-bond donors (Lipinski definition) is 0. The Balaban J connectivity index is 2.01. The van der Waals surface area contributed by atoms with Crippen molar-refractivity contribution in [3.05, 3.63) is 76.9 Å². The molecule has 0 atom stereocenters. The van der Waals surface area contributed by atoms with Gasteiger partial charge in [-0.25, -0.2) is 0 Å². The summed E-state index contributed by atoms with van der Waals surface area (Å²) in [5.41, 5.74) is 7.49. The first-order chi connectivity index (χ1) is 9.95. The van der Waals surface area contributed by atoms with Crippen LogP contribution in [0, 0.1) is 0 Å². The SMILES string of the molecule is C1=C2c3ccccc3C(CCCCC1)c1ccccc12. The van der Waals surface area contributed by atoms with E-state index in [9.17, 15) is 0 Å². The van der Waals surface area contributed by atoms with Crippen LogP contribution in [0.2, 0.25) is 0 Å². The minimum Gasteiger partial charge on any atom is -0.0760 e. The molecule has 2 bridgehead atoms. The van der Waals surface area contributed by atoms with Crippen LogP contribution in [0.5, 0.6) is 0 Å². The molecule has 2 aromatic carbocycles. The van der Waals surface area contributed by atoms with Crippen LogP contribution in [0.4, 0.5) is 0 Å². The third kappa shape index (κ3) is 1.83. The predicted molar refractivity (Wildman–Crippen MR) is 84.9 cm³/mol. The summed E-state index contributed by atoms with van der Waals surface area (Å²) >= 11 is 0. The van der Waals surface area contributed by atoms with E-state index >= 15 is 0 Å². The van der Waals surface area contributed by atoms with E-state index in [1.165, 1.54) is 48.8 Å². The molecule has 0 fully saturated rings. The van der Waals surface area contributed by atoms with E-state index in [1.807, 2.05) is 0 Å². The highest BCUT2D eigenvalue weighted by atomic mass is 14.3. The van der Waals surface area contributed by atoms with Crippen molar-refractivity contribution in [1.29, 1.82) is 0 Å². The predicted octanol–water partition coefficient (Wildman–Crippen LogP) is 5.53. The smallest absolute Gasteiger partial charge is 0.0102 e. The Morgan fingerprint density at radius 1 is 0.700 bits per heavy atom. The van der Waals surface area contributed by atoms with E-state index in [2.05, 4.69) is 54.6 Å². The summed E-state index contributed by atoms with van der Waals surface area (Å²) in [6.07, 6.45) is 9.02. The highest BCUT2D eigenvalue weighted by Crippen LogP contribution is 2.45. The van der Waals surface area contributed by atoms with Crippen molar-refractivity contribution in [1.82, 2.24) is 0 Å². The highest BCUT2D eigenvalue weighted by Gasteiger charge is 2.27. The minimum absolute atomic E-state index is 0.595. The van der Waals surface area contributed by atoms with Crippen molar-refractivity contribution in [3.8, 4) is 0 Å². The molecule has 0 aliphatic heterocycles. The molecule has 0 saturated carbocycles. The Bertz CT molecular complexity index is 614. The summed E-state index contributed by atoms with van der Waals surface area (Å²) in [5, 5.41) is 0. The highest BCUT2D eigenvalue weighted by molar-refractivity contribution is 5.86. The second-order valence-electron chi connectivity index (χ2n) is 5.98. The largest absolute Gasteiger partial charge is 0.0760 e. The molecular formula is C20H20. The van der Waals surface area contributed by atoms with E-state index < -0.39 is 0 Å². The summed E-state index contributed by atoms with van der Waals surface area (Å²) in [6, 6.07) is 18.1. The normalized spacial score (nSPS) is 20.8. The van der Waals surface area contributed by atoms with Gasteiger partial charge < -0.3 is 0 Å². The fraction of sp³-hybridized carbons (Fsp3) is 0.300. The van der Waals surface area contributed by atoms with Gasteiger partial charge in [-0.15, -0.1) is 0 Å². The first-order valence-electron chi connectivity index (χ1n) is 7.84. The molecule has 0 N–H and O–H groups in total. The minimum atomic E-state index is 0.595. The number of hydrogen-bond acceptors (Lipinski definition) is 0. The van der Waals surface area contributed by atoms with E-state index in [4.69, 9.17) is 0 Å². The van der Waals surface area contributed by atoms with Crippen LogP contribution in [0.15, 0.2) is 54.6 Å². The van der Waals surface area contributed by atoms with Gasteiger partial charge in [0.2, 0.25) is 0 Å². The first-order valence-corrected chi connectivity index (χ1v) is 7.84. The molecule has 0 spiro atoms. The molecule has 0 saturated heterocycles. The fourth-order valence-electron chi connectivity index (χ4n) is 3.85. The topological polar surface area (TPSA) is 0 Å². The third-order valence-corrected chi connectivity index (χ3v) is 4.80. The molecular weight excluding hydrogens is 240 g/mol. The number of rotatable bonds is 0. The van der Waals surface area contributed by atoms with Crippen molar-refractivity contribution in [2.24, 2.45) is 0 Å². The molecule has 0 heteroatoms. The van der Waals surface area contributed by atoms with Crippen molar-refractivity contribution in [2.75, 3.05) is 0 Å². The third-order valence-electron chi connectivity index (χ3n) is 4.80. The van der Waals surface area contributed by atoms with Crippen LogP contribution < -0.4 is 0 Å². The van der Waals surface area contributed by atoms with Gasteiger partial charge in [0.05, 0.1) is 0 Å². The van der Waals surface area contributed by atoms with Crippen molar-refractivity contribution in [2.45, 2.75) is 38.0 Å². The summed E-state index contributed by atoms with van der Waals surface area (Å²) in [7, 11) is 0. The van der Waals surface area contributed by atoms with Crippen molar-refractivity contribution < 1.29 is 0 Å². The average Bonchev–Trinajstić information content (AvgIpc) is 2.53. The monoisotopic (exact) mass is 260 g/mol. The van der Waals surface area contributed by atoms with E-state index in [0.29, 0.717) is 5.92 Å².